The topological polar surface area (TPSA) is 251 Å². The van der Waals surface area contributed by atoms with E-state index in [9.17, 15) is 39.0 Å². The molecule has 0 fully saturated rings. The fraction of sp³-hybridized carbons (Fsp3) is 0.478. The highest BCUT2D eigenvalue weighted by Crippen LogP contribution is 2.13. The Bertz CT molecular complexity index is 997. The van der Waals surface area contributed by atoms with Gasteiger partial charge in [-0.1, -0.05) is 26.0 Å². The minimum Gasteiger partial charge on any atom is -0.508 e. The Morgan fingerprint density at radius 3 is 1.92 bits per heavy atom. The van der Waals surface area contributed by atoms with Gasteiger partial charge in [-0.2, -0.15) is 0 Å². The normalized spacial score (nSPS) is 14.1. The maximum absolute atomic E-state index is 13.1. The van der Waals surface area contributed by atoms with Crippen LogP contribution in [0.3, 0.4) is 0 Å². The summed E-state index contributed by atoms with van der Waals surface area (Å²) in [5.74, 6) is -6.67. The van der Waals surface area contributed by atoms with Crippen molar-refractivity contribution in [2.75, 3.05) is 0 Å². The van der Waals surface area contributed by atoms with Crippen LogP contribution in [-0.4, -0.2) is 75.1 Å². The van der Waals surface area contributed by atoms with Gasteiger partial charge in [0.2, 0.25) is 23.6 Å². The highest BCUT2D eigenvalue weighted by molar-refractivity contribution is 5.95. The van der Waals surface area contributed by atoms with Gasteiger partial charge in [-0.25, -0.2) is 4.79 Å². The molecule has 4 atom stereocenters. The number of carboxylic acids is 2. The number of rotatable bonds is 15. The van der Waals surface area contributed by atoms with Crippen molar-refractivity contribution >= 4 is 35.6 Å². The van der Waals surface area contributed by atoms with Gasteiger partial charge in [-0.05, 0) is 30.0 Å². The van der Waals surface area contributed by atoms with Crippen molar-refractivity contribution in [3.63, 3.8) is 0 Å². The highest BCUT2D eigenvalue weighted by Gasteiger charge is 2.32. The number of aromatic hydroxyl groups is 1. The molecule has 0 saturated carbocycles. The average Bonchev–Trinajstić information content (AvgIpc) is 2.80. The van der Waals surface area contributed by atoms with Gasteiger partial charge in [-0.3, -0.25) is 24.0 Å². The van der Waals surface area contributed by atoms with Crippen LogP contribution in [0, 0.1) is 5.92 Å². The average molecular weight is 524 g/mol. The molecule has 1 aromatic carbocycles. The third kappa shape index (κ3) is 10.9. The van der Waals surface area contributed by atoms with Crippen molar-refractivity contribution in [2.24, 2.45) is 17.4 Å². The lowest BCUT2D eigenvalue weighted by molar-refractivity contribution is -0.147. The van der Waals surface area contributed by atoms with Crippen molar-refractivity contribution in [1.29, 1.82) is 0 Å². The van der Waals surface area contributed by atoms with Gasteiger partial charge in [0.1, 0.15) is 23.9 Å². The lowest BCUT2D eigenvalue weighted by atomic mass is 10.00. The molecule has 4 amide bonds. The number of benzene rings is 1. The van der Waals surface area contributed by atoms with Crippen molar-refractivity contribution < 1.29 is 44.1 Å². The first kappa shape index (κ1) is 30.8. The zero-order chi connectivity index (χ0) is 28.3. The molecule has 14 heteroatoms. The molecule has 10 N–H and O–H groups in total. The van der Waals surface area contributed by atoms with Gasteiger partial charge in [0.15, 0.2) is 0 Å². The van der Waals surface area contributed by atoms with Crippen molar-refractivity contribution in [3.8, 4) is 5.75 Å². The number of hydrogen-bond acceptors (Lipinski definition) is 8. The van der Waals surface area contributed by atoms with E-state index >= 15 is 0 Å². The monoisotopic (exact) mass is 523 g/mol. The fourth-order valence-corrected chi connectivity index (χ4v) is 3.21. The molecule has 0 spiro atoms. The summed E-state index contributed by atoms with van der Waals surface area (Å²) >= 11 is 0. The summed E-state index contributed by atoms with van der Waals surface area (Å²) in [5, 5.41) is 34.7. The predicted molar refractivity (Wildman–Crippen MR) is 129 cm³/mol. The number of carboxylic acid groups (broad SMARTS) is 2. The Kier molecular flexibility index (Phi) is 12.0. The number of nitrogens with one attached hydrogen (secondary N) is 3. The first-order valence-electron chi connectivity index (χ1n) is 11.4. The zero-order valence-corrected chi connectivity index (χ0v) is 20.5. The van der Waals surface area contributed by atoms with Crippen molar-refractivity contribution in [3.05, 3.63) is 29.8 Å². The molecule has 37 heavy (non-hydrogen) atoms. The van der Waals surface area contributed by atoms with Crippen molar-refractivity contribution in [1.82, 2.24) is 16.0 Å². The number of amides is 4. The number of nitrogens with two attached hydrogens (primary N) is 2. The number of hydrogen-bond donors (Lipinski definition) is 8. The lowest BCUT2D eigenvalue weighted by Gasteiger charge is -2.27. The van der Waals surface area contributed by atoms with Crippen LogP contribution in [0.25, 0.3) is 0 Å². The Morgan fingerprint density at radius 2 is 1.43 bits per heavy atom. The Balaban J connectivity index is 3.11. The van der Waals surface area contributed by atoms with Crippen LogP contribution in [0.2, 0.25) is 0 Å². The van der Waals surface area contributed by atoms with Crippen LogP contribution in [0.15, 0.2) is 24.3 Å². The summed E-state index contributed by atoms with van der Waals surface area (Å²) in [5.41, 5.74) is 11.3. The second-order valence-corrected chi connectivity index (χ2v) is 8.77. The Hall–Kier alpha value is -4.20. The number of phenolic OH excluding ortho intramolecular Hbond substituents is 1. The molecule has 0 aromatic heterocycles. The number of carbonyl (C=O) groups excluding carboxylic acids is 4. The van der Waals surface area contributed by atoms with Crippen LogP contribution in [-0.2, 0) is 35.2 Å². The summed E-state index contributed by atoms with van der Waals surface area (Å²) in [7, 11) is 0. The molecule has 0 heterocycles. The second kappa shape index (κ2) is 14.4. The molecule has 4 unspecified atom stereocenters. The SMILES string of the molecule is CC(C)C(NC(=O)C(N)CCC(N)=O)C(=O)NC(Cc1ccc(O)cc1)C(=O)NC(CC(=O)O)C(=O)O. The maximum Gasteiger partial charge on any atom is 0.326 e. The van der Waals surface area contributed by atoms with Crippen LogP contribution in [0.4, 0.5) is 0 Å². The molecule has 0 aliphatic carbocycles. The first-order valence-corrected chi connectivity index (χ1v) is 11.4. The molecule has 0 bridgehead atoms. The van der Waals surface area contributed by atoms with E-state index in [2.05, 4.69) is 16.0 Å². The van der Waals surface area contributed by atoms with E-state index in [4.69, 9.17) is 16.6 Å². The van der Waals surface area contributed by atoms with Crippen LogP contribution in [0.5, 0.6) is 5.75 Å². The van der Waals surface area contributed by atoms with Gasteiger partial charge in [0.25, 0.3) is 0 Å². The summed E-state index contributed by atoms with van der Waals surface area (Å²) in [6.45, 7) is 3.25. The lowest BCUT2D eigenvalue weighted by Crippen LogP contribution is -2.59. The zero-order valence-electron chi connectivity index (χ0n) is 20.5. The molecular weight excluding hydrogens is 490 g/mol. The van der Waals surface area contributed by atoms with E-state index in [1.165, 1.54) is 24.3 Å². The quantitative estimate of drug-likeness (QED) is 0.128. The van der Waals surface area contributed by atoms with Gasteiger partial charge in [0.05, 0.1) is 12.5 Å². The minimum atomic E-state index is -1.76. The van der Waals surface area contributed by atoms with E-state index in [0.717, 1.165) is 0 Å². The second-order valence-electron chi connectivity index (χ2n) is 8.77. The van der Waals surface area contributed by atoms with Gasteiger partial charge in [-0.15, -0.1) is 0 Å². The van der Waals surface area contributed by atoms with Crippen LogP contribution in [0.1, 0.15) is 38.7 Å². The maximum atomic E-state index is 13.1. The Labute approximate surface area is 212 Å². The molecule has 0 aliphatic rings. The highest BCUT2D eigenvalue weighted by atomic mass is 16.4. The number of primary amides is 1. The summed E-state index contributed by atoms with van der Waals surface area (Å²) in [4.78, 5) is 71.8. The van der Waals surface area contributed by atoms with E-state index in [1.807, 2.05) is 0 Å². The molecule has 1 rings (SSSR count). The van der Waals surface area contributed by atoms with Crippen LogP contribution < -0.4 is 27.4 Å². The standard InChI is InChI=1S/C23H33N5O9/c1-11(2)19(28-20(33)14(24)7-8-17(25)30)22(35)26-15(9-12-3-5-13(29)6-4-12)21(34)27-16(23(36)37)10-18(31)32/h3-6,11,14-16,19,29H,7-10,24H2,1-2H3,(H2,25,30)(H,26,35)(H,27,34)(H,28,33)(H,31,32)(H,36,37). The van der Waals surface area contributed by atoms with Gasteiger partial charge < -0.3 is 42.7 Å². The van der Waals surface area contributed by atoms with Gasteiger partial charge >= 0.3 is 11.9 Å². The third-order valence-electron chi connectivity index (χ3n) is 5.29. The van der Waals surface area contributed by atoms with E-state index in [-0.39, 0.29) is 25.0 Å². The predicted octanol–water partition coefficient (Wildman–Crippen LogP) is -1.80. The summed E-state index contributed by atoms with van der Waals surface area (Å²) in [6, 6.07) is 0.256. The van der Waals surface area contributed by atoms with E-state index < -0.39 is 72.1 Å². The van der Waals surface area contributed by atoms with Crippen LogP contribution >= 0.6 is 0 Å². The molecule has 0 radical (unpaired) electrons. The first-order chi connectivity index (χ1) is 17.2. The molecule has 0 saturated heterocycles. The molecule has 204 valence electrons. The van der Waals surface area contributed by atoms with Gasteiger partial charge in [0, 0.05) is 12.8 Å². The fourth-order valence-electron chi connectivity index (χ4n) is 3.21. The summed E-state index contributed by atoms with van der Waals surface area (Å²) in [6.07, 6.45) is -1.22. The van der Waals surface area contributed by atoms with E-state index in [0.29, 0.717) is 5.56 Å². The summed E-state index contributed by atoms with van der Waals surface area (Å²) < 4.78 is 0. The van der Waals surface area contributed by atoms with Crippen molar-refractivity contribution in [2.45, 2.75) is 63.7 Å². The number of carbonyl (C=O) groups is 6. The molecule has 0 aliphatic heterocycles. The Morgan fingerprint density at radius 1 is 0.865 bits per heavy atom. The largest absolute Gasteiger partial charge is 0.508 e. The molecular formula is C23H33N5O9. The molecule has 14 nitrogen and oxygen atoms in total. The third-order valence-corrected chi connectivity index (χ3v) is 5.29. The smallest absolute Gasteiger partial charge is 0.326 e. The van der Waals surface area contributed by atoms with E-state index in [1.54, 1.807) is 13.8 Å². The minimum absolute atomic E-state index is 0.0420. The number of aliphatic carboxylic acids is 2. The molecule has 1 aromatic rings. The number of phenols is 1.